The molecule has 0 saturated heterocycles. The maximum Gasteiger partial charge on any atom is 0.273 e. The smallest absolute Gasteiger partial charge is 0.273 e. The maximum absolute atomic E-state index is 12.6. The van der Waals surface area contributed by atoms with Crippen molar-refractivity contribution in [2.75, 3.05) is 24.2 Å². The van der Waals surface area contributed by atoms with Crippen LogP contribution in [0.2, 0.25) is 0 Å². The predicted octanol–water partition coefficient (Wildman–Crippen LogP) is 2.92. The van der Waals surface area contributed by atoms with Gasteiger partial charge in [-0.3, -0.25) is 9.78 Å². The molecule has 4 rings (SSSR count). The molecular formula is C24H25N7O. The zero-order chi connectivity index (χ0) is 22.5. The largest absolute Gasteiger partial charge is 0.382 e. The number of aryl methyl sites for hydroxylation is 1. The SMILES string of the molecule is Cc1cccc2cc(CNC(=O)c3nccnc3N)c(N(C)CCc3ccccn3)nc12. The molecule has 0 aliphatic rings. The summed E-state index contributed by atoms with van der Waals surface area (Å²) in [5.74, 6) is 0.544. The minimum absolute atomic E-state index is 0.102. The summed E-state index contributed by atoms with van der Waals surface area (Å²) >= 11 is 0. The van der Waals surface area contributed by atoms with Gasteiger partial charge < -0.3 is 16.0 Å². The second-order valence-corrected chi connectivity index (χ2v) is 7.58. The Morgan fingerprint density at radius 3 is 2.69 bits per heavy atom. The number of amides is 1. The van der Waals surface area contributed by atoms with Gasteiger partial charge in [-0.25, -0.2) is 15.0 Å². The molecule has 1 amide bonds. The summed E-state index contributed by atoms with van der Waals surface area (Å²) in [7, 11) is 2.00. The van der Waals surface area contributed by atoms with Crippen LogP contribution in [0.15, 0.2) is 61.1 Å². The van der Waals surface area contributed by atoms with Crippen LogP contribution >= 0.6 is 0 Å². The Balaban J connectivity index is 1.61. The number of hydrogen-bond donors (Lipinski definition) is 2. The Morgan fingerprint density at radius 1 is 1.06 bits per heavy atom. The van der Waals surface area contributed by atoms with E-state index in [9.17, 15) is 4.79 Å². The molecule has 0 aliphatic heterocycles. The lowest BCUT2D eigenvalue weighted by atomic mass is 10.1. The normalized spacial score (nSPS) is 10.8. The molecular weight excluding hydrogens is 402 g/mol. The van der Waals surface area contributed by atoms with Crippen molar-refractivity contribution in [2.45, 2.75) is 19.9 Å². The first-order valence-corrected chi connectivity index (χ1v) is 10.4. The van der Waals surface area contributed by atoms with Gasteiger partial charge in [-0.1, -0.05) is 24.3 Å². The van der Waals surface area contributed by atoms with Crippen LogP contribution in [0.1, 0.15) is 27.3 Å². The number of nitrogens with one attached hydrogen (secondary N) is 1. The van der Waals surface area contributed by atoms with Crippen molar-refractivity contribution in [1.82, 2.24) is 25.3 Å². The van der Waals surface area contributed by atoms with Crippen molar-refractivity contribution in [1.29, 1.82) is 0 Å². The van der Waals surface area contributed by atoms with Crippen molar-refractivity contribution in [2.24, 2.45) is 0 Å². The molecule has 1 aromatic carbocycles. The molecule has 162 valence electrons. The van der Waals surface area contributed by atoms with E-state index in [0.29, 0.717) is 0 Å². The summed E-state index contributed by atoms with van der Waals surface area (Å²) in [6.07, 6.45) is 5.48. The van der Waals surface area contributed by atoms with Crippen molar-refractivity contribution in [3.8, 4) is 0 Å². The number of pyridine rings is 2. The topological polar surface area (TPSA) is 110 Å². The molecule has 0 atom stereocenters. The molecule has 0 bridgehead atoms. The third-order valence-corrected chi connectivity index (χ3v) is 5.28. The van der Waals surface area contributed by atoms with E-state index in [0.717, 1.165) is 46.5 Å². The number of nitrogens with zero attached hydrogens (tertiary/aromatic N) is 5. The van der Waals surface area contributed by atoms with Gasteiger partial charge in [0, 0.05) is 61.8 Å². The standard InChI is InChI=1S/C24H25N7O/c1-16-6-5-7-17-14-18(15-29-24(32)21-22(25)28-12-11-27-21)23(30-20(16)17)31(2)13-9-19-8-3-4-10-26-19/h3-8,10-12,14H,9,13,15H2,1-2H3,(H2,25,28)(H,29,32). The molecule has 0 spiro atoms. The first-order chi connectivity index (χ1) is 15.5. The summed E-state index contributed by atoms with van der Waals surface area (Å²) in [6.45, 7) is 3.07. The minimum Gasteiger partial charge on any atom is -0.382 e. The molecule has 0 fully saturated rings. The number of hydrogen-bond acceptors (Lipinski definition) is 7. The Bertz CT molecular complexity index is 1240. The second kappa shape index (κ2) is 9.38. The van der Waals surface area contributed by atoms with E-state index < -0.39 is 0 Å². The number of likely N-dealkylation sites (N-methyl/N-ethyl adjacent to an activating group) is 1. The average molecular weight is 428 g/mol. The highest BCUT2D eigenvalue weighted by molar-refractivity contribution is 5.96. The molecule has 3 aromatic heterocycles. The van der Waals surface area contributed by atoms with E-state index >= 15 is 0 Å². The second-order valence-electron chi connectivity index (χ2n) is 7.58. The molecule has 4 aromatic rings. The number of aromatic nitrogens is 4. The van der Waals surface area contributed by atoms with Crippen molar-refractivity contribution < 1.29 is 4.79 Å². The fourth-order valence-corrected chi connectivity index (χ4v) is 3.56. The van der Waals surface area contributed by atoms with Crippen LogP contribution in [-0.2, 0) is 13.0 Å². The fourth-order valence-electron chi connectivity index (χ4n) is 3.56. The van der Waals surface area contributed by atoms with E-state index in [1.165, 1.54) is 12.4 Å². The van der Waals surface area contributed by atoms with Gasteiger partial charge in [0.25, 0.3) is 5.91 Å². The molecule has 0 radical (unpaired) electrons. The van der Waals surface area contributed by atoms with Gasteiger partial charge in [-0.05, 0) is 30.7 Å². The first kappa shape index (κ1) is 21.2. The van der Waals surface area contributed by atoms with E-state index in [1.54, 1.807) is 6.20 Å². The van der Waals surface area contributed by atoms with E-state index in [-0.39, 0.29) is 24.0 Å². The Labute approximate surface area is 186 Å². The van der Waals surface area contributed by atoms with Gasteiger partial charge in [0.1, 0.15) is 5.82 Å². The number of para-hydroxylation sites is 1. The van der Waals surface area contributed by atoms with Gasteiger partial charge in [-0.15, -0.1) is 0 Å². The summed E-state index contributed by atoms with van der Waals surface area (Å²) in [5, 5.41) is 3.93. The number of fused-ring (bicyclic) bond motifs is 1. The first-order valence-electron chi connectivity index (χ1n) is 10.4. The summed E-state index contributed by atoms with van der Waals surface area (Å²) in [6, 6.07) is 14.1. The fraction of sp³-hybridized carbons (Fsp3) is 0.208. The van der Waals surface area contributed by atoms with Crippen LogP contribution in [0.25, 0.3) is 10.9 Å². The van der Waals surface area contributed by atoms with Crippen LogP contribution in [0, 0.1) is 6.92 Å². The van der Waals surface area contributed by atoms with E-state index in [1.807, 2.05) is 50.4 Å². The van der Waals surface area contributed by atoms with E-state index in [4.69, 9.17) is 10.7 Å². The average Bonchev–Trinajstić information content (AvgIpc) is 2.81. The van der Waals surface area contributed by atoms with Crippen molar-refractivity contribution in [3.63, 3.8) is 0 Å². The number of rotatable bonds is 7. The van der Waals surface area contributed by atoms with Crippen LogP contribution in [0.5, 0.6) is 0 Å². The highest BCUT2D eigenvalue weighted by Crippen LogP contribution is 2.25. The highest BCUT2D eigenvalue weighted by Gasteiger charge is 2.16. The number of benzene rings is 1. The summed E-state index contributed by atoms with van der Waals surface area (Å²) in [5.41, 5.74) is 9.88. The number of carbonyl (C=O) groups is 1. The number of anilines is 2. The highest BCUT2D eigenvalue weighted by atomic mass is 16.1. The lowest BCUT2D eigenvalue weighted by molar-refractivity contribution is 0.0946. The minimum atomic E-state index is -0.373. The zero-order valence-corrected chi connectivity index (χ0v) is 18.1. The van der Waals surface area contributed by atoms with Crippen LogP contribution in [0.4, 0.5) is 11.6 Å². The van der Waals surface area contributed by atoms with Crippen LogP contribution in [0.3, 0.4) is 0 Å². The molecule has 0 unspecified atom stereocenters. The van der Waals surface area contributed by atoms with Crippen molar-refractivity contribution in [3.05, 3.63) is 83.6 Å². The third kappa shape index (κ3) is 4.64. The molecule has 3 N–H and O–H groups in total. The maximum atomic E-state index is 12.6. The molecule has 3 heterocycles. The predicted molar refractivity (Wildman–Crippen MR) is 125 cm³/mol. The summed E-state index contributed by atoms with van der Waals surface area (Å²) in [4.78, 5) is 32.0. The van der Waals surface area contributed by atoms with Gasteiger partial charge >= 0.3 is 0 Å². The van der Waals surface area contributed by atoms with Gasteiger partial charge in [-0.2, -0.15) is 0 Å². The molecule has 8 nitrogen and oxygen atoms in total. The molecule has 0 aliphatic carbocycles. The number of nitrogens with two attached hydrogens (primary N) is 1. The monoisotopic (exact) mass is 427 g/mol. The Morgan fingerprint density at radius 2 is 1.91 bits per heavy atom. The Hall–Kier alpha value is -4.07. The molecule has 32 heavy (non-hydrogen) atoms. The zero-order valence-electron chi connectivity index (χ0n) is 18.1. The lowest BCUT2D eigenvalue weighted by Gasteiger charge is -2.22. The Kier molecular flexibility index (Phi) is 6.21. The van der Waals surface area contributed by atoms with Gasteiger partial charge in [0.05, 0.1) is 5.52 Å². The summed E-state index contributed by atoms with van der Waals surface area (Å²) < 4.78 is 0. The third-order valence-electron chi connectivity index (χ3n) is 5.28. The number of carbonyl (C=O) groups excluding carboxylic acids is 1. The van der Waals surface area contributed by atoms with Crippen molar-refractivity contribution >= 4 is 28.4 Å². The van der Waals surface area contributed by atoms with Gasteiger partial charge in [0.2, 0.25) is 0 Å². The lowest BCUT2D eigenvalue weighted by Crippen LogP contribution is -2.28. The van der Waals surface area contributed by atoms with Crippen LogP contribution in [-0.4, -0.2) is 39.4 Å². The molecule has 8 heteroatoms. The van der Waals surface area contributed by atoms with Gasteiger partial charge in [0.15, 0.2) is 11.5 Å². The quantitative estimate of drug-likeness (QED) is 0.467. The van der Waals surface area contributed by atoms with E-state index in [2.05, 4.69) is 31.2 Å². The molecule has 0 saturated carbocycles. The number of nitrogen functional groups attached to an aromatic ring is 1. The van der Waals surface area contributed by atoms with Crippen LogP contribution < -0.4 is 16.0 Å².